The second-order valence-corrected chi connectivity index (χ2v) is 7.51. The van der Waals surface area contributed by atoms with E-state index in [9.17, 15) is 9.90 Å². The molecule has 1 unspecified atom stereocenters. The molecule has 0 amide bonds. The van der Waals surface area contributed by atoms with Crippen molar-refractivity contribution in [3.63, 3.8) is 0 Å². The fourth-order valence-corrected chi connectivity index (χ4v) is 3.49. The zero-order valence-electron chi connectivity index (χ0n) is 14.1. The first kappa shape index (κ1) is 17.0. The molecular weight excluding hydrogens is 276 g/mol. The zero-order chi connectivity index (χ0) is 16.3. The molecule has 0 radical (unpaired) electrons. The lowest BCUT2D eigenvalue weighted by atomic mass is 9.68. The molecule has 1 aliphatic carbocycles. The molecule has 0 heterocycles. The summed E-state index contributed by atoms with van der Waals surface area (Å²) in [5.41, 5.74) is 2.31. The van der Waals surface area contributed by atoms with Gasteiger partial charge in [0.2, 0.25) is 0 Å². The Labute approximate surface area is 133 Å². The smallest absolute Gasteiger partial charge is 0.339 e. The number of benzene rings is 1. The van der Waals surface area contributed by atoms with Gasteiger partial charge in [-0.05, 0) is 54.1 Å². The molecule has 122 valence electrons. The summed E-state index contributed by atoms with van der Waals surface area (Å²) in [5, 5.41) is 9.84. The van der Waals surface area contributed by atoms with Crippen molar-refractivity contribution in [2.75, 3.05) is 7.11 Å². The van der Waals surface area contributed by atoms with Crippen molar-refractivity contribution in [3.8, 4) is 0 Å². The van der Waals surface area contributed by atoms with Crippen LogP contribution in [-0.4, -0.2) is 18.2 Å². The lowest BCUT2D eigenvalue weighted by Gasteiger charge is -2.37. The lowest BCUT2D eigenvalue weighted by molar-refractivity contribution is -0.150. The van der Waals surface area contributed by atoms with Gasteiger partial charge in [-0.3, -0.25) is 0 Å². The summed E-state index contributed by atoms with van der Waals surface area (Å²) >= 11 is 0. The summed E-state index contributed by atoms with van der Waals surface area (Å²) in [4.78, 5) is 11.4. The summed E-state index contributed by atoms with van der Waals surface area (Å²) in [6, 6.07) is 7.77. The summed E-state index contributed by atoms with van der Waals surface area (Å²) in [5.74, 6) is 0.797. The number of carbonyl (C=O) groups is 1. The predicted molar refractivity (Wildman–Crippen MR) is 87.6 cm³/mol. The summed E-state index contributed by atoms with van der Waals surface area (Å²) < 4.78 is 4.57. The summed E-state index contributed by atoms with van der Waals surface area (Å²) in [7, 11) is 1.29. The molecule has 0 aromatic heterocycles. The van der Waals surface area contributed by atoms with Gasteiger partial charge < -0.3 is 9.84 Å². The van der Waals surface area contributed by atoms with Gasteiger partial charge in [-0.1, -0.05) is 45.0 Å². The molecule has 0 aliphatic heterocycles. The largest absolute Gasteiger partial charge is 0.467 e. The highest BCUT2D eigenvalue weighted by Crippen LogP contribution is 2.43. The number of aliphatic hydroxyl groups excluding tert-OH is 1. The van der Waals surface area contributed by atoms with Gasteiger partial charge in [0, 0.05) is 0 Å². The Balaban J connectivity index is 1.99. The van der Waals surface area contributed by atoms with E-state index in [0.29, 0.717) is 16.9 Å². The monoisotopic (exact) mass is 304 g/mol. The van der Waals surface area contributed by atoms with Crippen molar-refractivity contribution in [2.24, 2.45) is 11.3 Å². The Morgan fingerprint density at radius 3 is 2.14 bits per heavy atom. The highest BCUT2D eigenvalue weighted by Gasteiger charge is 2.30. The van der Waals surface area contributed by atoms with E-state index >= 15 is 0 Å². The van der Waals surface area contributed by atoms with E-state index in [1.807, 2.05) is 24.3 Å². The van der Waals surface area contributed by atoms with E-state index in [2.05, 4.69) is 25.5 Å². The minimum Gasteiger partial charge on any atom is -0.467 e. The second kappa shape index (κ2) is 6.82. The maximum atomic E-state index is 11.4. The third-order valence-electron chi connectivity index (χ3n) is 5.10. The minimum absolute atomic E-state index is 0.402. The van der Waals surface area contributed by atoms with E-state index in [1.165, 1.54) is 38.4 Å². The number of hydrogen-bond donors (Lipinski definition) is 1. The quantitative estimate of drug-likeness (QED) is 0.851. The zero-order valence-corrected chi connectivity index (χ0v) is 14.1. The molecular formula is C19H28O3. The highest BCUT2D eigenvalue weighted by molar-refractivity contribution is 5.76. The molecule has 2 rings (SSSR count). The maximum Gasteiger partial charge on any atom is 0.339 e. The van der Waals surface area contributed by atoms with Gasteiger partial charge >= 0.3 is 5.97 Å². The second-order valence-electron chi connectivity index (χ2n) is 7.51. The summed E-state index contributed by atoms with van der Waals surface area (Å²) in [6.45, 7) is 7.00. The van der Waals surface area contributed by atoms with Crippen LogP contribution in [0.4, 0.5) is 0 Å². The van der Waals surface area contributed by atoms with Gasteiger partial charge in [-0.25, -0.2) is 4.79 Å². The number of hydrogen-bond acceptors (Lipinski definition) is 3. The van der Waals surface area contributed by atoms with Crippen LogP contribution >= 0.6 is 0 Å². The summed E-state index contributed by atoms with van der Waals surface area (Å²) in [6.07, 6.45) is 3.82. The molecule has 1 fully saturated rings. The molecule has 0 bridgehead atoms. The number of rotatable bonds is 3. The first-order valence-corrected chi connectivity index (χ1v) is 8.18. The topological polar surface area (TPSA) is 46.5 Å². The SMILES string of the molecule is COC(=O)C(O)c1ccc(C2CCC(C(C)(C)C)CC2)cc1. The van der Waals surface area contributed by atoms with Gasteiger partial charge in [0.25, 0.3) is 0 Å². The normalized spacial score (nSPS) is 23.9. The Morgan fingerprint density at radius 2 is 1.68 bits per heavy atom. The maximum absolute atomic E-state index is 11.4. The Hall–Kier alpha value is -1.35. The highest BCUT2D eigenvalue weighted by atomic mass is 16.5. The van der Waals surface area contributed by atoms with Gasteiger partial charge in [-0.15, -0.1) is 0 Å². The predicted octanol–water partition coefficient (Wildman–Crippen LogP) is 4.21. The molecule has 0 saturated heterocycles. The van der Waals surface area contributed by atoms with Crippen molar-refractivity contribution in [1.29, 1.82) is 0 Å². The van der Waals surface area contributed by atoms with Crippen LogP contribution in [0.5, 0.6) is 0 Å². The number of ether oxygens (including phenoxy) is 1. The van der Waals surface area contributed by atoms with E-state index in [-0.39, 0.29) is 0 Å². The average Bonchev–Trinajstić information content (AvgIpc) is 2.53. The molecule has 1 aromatic carbocycles. The van der Waals surface area contributed by atoms with Gasteiger partial charge in [0.15, 0.2) is 6.10 Å². The number of esters is 1. The Kier molecular flexibility index (Phi) is 5.28. The van der Waals surface area contributed by atoms with Gasteiger partial charge in [-0.2, -0.15) is 0 Å². The molecule has 3 heteroatoms. The van der Waals surface area contributed by atoms with Crippen LogP contribution in [0.15, 0.2) is 24.3 Å². The number of aliphatic hydroxyl groups is 1. The van der Waals surface area contributed by atoms with Crippen LogP contribution in [0, 0.1) is 11.3 Å². The third kappa shape index (κ3) is 3.89. The van der Waals surface area contributed by atoms with E-state index in [0.717, 1.165) is 5.92 Å². The van der Waals surface area contributed by atoms with Crippen LogP contribution in [0.2, 0.25) is 0 Å². The van der Waals surface area contributed by atoms with Crippen molar-refractivity contribution < 1.29 is 14.6 Å². The fraction of sp³-hybridized carbons (Fsp3) is 0.632. The van der Waals surface area contributed by atoms with Crippen molar-refractivity contribution >= 4 is 5.97 Å². The lowest BCUT2D eigenvalue weighted by Crippen LogP contribution is -2.25. The van der Waals surface area contributed by atoms with Crippen molar-refractivity contribution in [2.45, 2.75) is 58.5 Å². The molecule has 3 nitrogen and oxygen atoms in total. The van der Waals surface area contributed by atoms with E-state index < -0.39 is 12.1 Å². The average molecular weight is 304 g/mol. The first-order chi connectivity index (χ1) is 10.3. The van der Waals surface area contributed by atoms with Gasteiger partial charge in [0.1, 0.15) is 0 Å². The third-order valence-corrected chi connectivity index (χ3v) is 5.10. The Bertz CT molecular complexity index is 490. The van der Waals surface area contributed by atoms with Crippen LogP contribution in [-0.2, 0) is 9.53 Å². The van der Waals surface area contributed by atoms with Gasteiger partial charge in [0.05, 0.1) is 7.11 Å². The molecule has 1 saturated carbocycles. The van der Waals surface area contributed by atoms with Crippen LogP contribution in [0.1, 0.15) is 69.6 Å². The molecule has 22 heavy (non-hydrogen) atoms. The molecule has 1 atom stereocenters. The fourth-order valence-electron chi connectivity index (χ4n) is 3.49. The number of methoxy groups -OCH3 is 1. The van der Waals surface area contributed by atoms with Crippen molar-refractivity contribution in [3.05, 3.63) is 35.4 Å². The standard InChI is InChI=1S/C19H28O3/c1-19(2,3)16-11-9-14(10-12-16)13-5-7-15(8-6-13)17(20)18(21)22-4/h5-8,14,16-17,20H,9-12H2,1-4H3. The van der Waals surface area contributed by atoms with E-state index in [1.54, 1.807) is 0 Å². The Morgan fingerprint density at radius 1 is 1.14 bits per heavy atom. The molecule has 0 spiro atoms. The minimum atomic E-state index is -1.18. The molecule has 1 aliphatic rings. The molecule has 1 aromatic rings. The van der Waals surface area contributed by atoms with Crippen LogP contribution in [0.25, 0.3) is 0 Å². The molecule has 1 N–H and O–H groups in total. The van der Waals surface area contributed by atoms with Crippen molar-refractivity contribution in [1.82, 2.24) is 0 Å². The van der Waals surface area contributed by atoms with Crippen LogP contribution in [0.3, 0.4) is 0 Å². The van der Waals surface area contributed by atoms with Crippen LogP contribution < -0.4 is 0 Å². The van der Waals surface area contributed by atoms with E-state index in [4.69, 9.17) is 0 Å². The number of carbonyl (C=O) groups excluding carboxylic acids is 1. The first-order valence-electron chi connectivity index (χ1n) is 8.18.